The summed E-state index contributed by atoms with van der Waals surface area (Å²) in [6.07, 6.45) is 9.22. The maximum Gasteiger partial charge on any atom is 0.291 e. The Balaban J connectivity index is 3.33. The van der Waals surface area contributed by atoms with Gasteiger partial charge in [-0.3, -0.25) is 10.1 Å². The molecule has 4 nitrogen and oxygen atoms in total. The molecule has 100 valence electrons. The molecule has 0 fully saturated rings. The van der Waals surface area contributed by atoms with Crippen molar-refractivity contribution in [3.63, 3.8) is 0 Å². The van der Waals surface area contributed by atoms with Crippen molar-refractivity contribution in [2.24, 2.45) is 0 Å². The van der Waals surface area contributed by atoms with Gasteiger partial charge in [0.05, 0.1) is 0 Å². The molecular weight excluding hydrogens is 286 g/mol. The average molecular weight is 308 g/mol. The van der Waals surface area contributed by atoms with E-state index in [1.807, 2.05) is 6.08 Å². The minimum Gasteiger partial charge on any atom is -0.385 e. The third-order valence-corrected chi connectivity index (χ3v) is 3.62. The fourth-order valence-electron chi connectivity index (χ4n) is 1.63. The van der Waals surface area contributed by atoms with Crippen molar-refractivity contribution >= 4 is 15.9 Å². The molecule has 0 amide bonds. The van der Waals surface area contributed by atoms with Crippen molar-refractivity contribution in [2.75, 3.05) is 0 Å². The zero-order valence-corrected chi connectivity index (χ0v) is 11.8. The van der Waals surface area contributed by atoms with E-state index in [4.69, 9.17) is 0 Å². The smallest absolute Gasteiger partial charge is 0.291 e. The van der Waals surface area contributed by atoms with Crippen LogP contribution in [0.4, 0.5) is 0 Å². The van der Waals surface area contributed by atoms with E-state index in [1.54, 1.807) is 0 Å². The first kappa shape index (κ1) is 16.6. The number of aliphatic hydroxyl groups excluding tert-OH is 1. The Hall–Kier alpha value is -0.420. The lowest BCUT2D eigenvalue weighted by molar-refractivity contribution is -0.504. The molecule has 5 heteroatoms. The van der Waals surface area contributed by atoms with Crippen LogP contribution in [-0.4, -0.2) is 21.1 Å². The van der Waals surface area contributed by atoms with E-state index < -0.39 is 16.0 Å². The fraction of sp³-hybridized carbons (Fsp3) is 0.833. The molecule has 0 rings (SSSR count). The number of hydrogen-bond donors (Lipinski definition) is 1. The van der Waals surface area contributed by atoms with E-state index >= 15 is 0 Å². The van der Waals surface area contributed by atoms with E-state index in [-0.39, 0.29) is 0 Å². The summed E-state index contributed by atoms with van der Waals surface area (Å²) < 4.78 is 0. The van der Waals surface area contributed by atoms with Gasteiger partial charge in [0.15, 0.2) is 0 Å². The Bertz CT molecular complexity index is 224. The molecule has 0 aliphatic heterocycles. The number of halogens is 1. The van der Waals surface area contributed by atoms with Crippen molar-refractivity contribution in [2.45, 2.75) is 62.4 Å². The zero-order chi connectivity index (χ0) is 13.1. The Morgan fingerprint density at radius 2 is 1.76 bits per heavy atom. The lowest BCUT2D eigenvalue weighted by atomic mass is 10.1. The molecule has 2 unspecified atom stereocenters. The molecule has 17 heavy (non-hydrogen) atoms. The topological polar surface area (TPSA) is 63.4 Å². The number of hydrogen-bond acceptors (Lipinski definition) is 3. The van der Waals surface area contributed by atoms with Crippen molar-refractivity contribution in [3.05, 3.63) is 22.8 Å². The molecule has 0 aliphatic rings. The SMILES string of the molecule is C=CCCCCCCCCC(O)C(Br)[N+](=O)[O-]. The molecule has 0 spiro atoms. The highest BCUT2D eigenvalue weighted by Crippen LogP contribution is 2.15. The summed E-state index contributed by atoms with van der Waals surface area (Å²) in [5.41, 5.74) is 0. The number of unbranched alkanes of at least 4 members (excludes halogenated alkanes) is 6. The van der Waals surface area contributed by atoms with Crippen LogP contribution in [0.3, 0.4) is 0 Å². The zero-order valence-electron chi connectivity index (χ0n) is 10.2. The highest BCUT2D eigenvalue weighted by Gasteiger charge is 2.25. The van der Waals surface area contributed by atoms with Crippen LogP contribution in [0.15, 0.2) is 12.7 Å². The maximum absolute atomic E-state index is 10.4. The third kappa shape index (κ3) is 9.30. The average Bonchev–Trinajstić information content (AvgIpc) is 2.31. The number of allylic oxidation sites excluding steroid dienone is 1. The Morgan fingerprint density at radius 1 is 1.24 bits per heavy atom. The van der Waals surface area contributed by atoms with E-state index in [9.17, 15) is 15.2 Å². The van der Waals surface area contributed by atoms with Crippen LogP contribution in [0, 0.1) is 10.1 Å². The minimum absolute atomic E-state index is 0.490. The quantitative estimate of drug-likeness (QED) is 0.158. The normalized spacial score (nSPS) is 14.2. The van der Waals surface area contributed by atoms with Gasteiger partial charge in [-0.15, -0.1) is 6.58 Å². The van der Waals surface area contributed by atoms with Gasteiger partial charge in [0.2, 0.25) is 0 Å². The second-order valence-corrected chi connectivity index (χ2v) is 5.15. The molecule has 0 aliphatic carbocycles. The van der Waals surface area contributed by atoms with Crippen LogP contribution < -0.4 is 0 Å². The fourth-order valence-corrected chi connectivity index (χ4v) is 1.89. The summed E-state index contributed by atoms with van der Waals surface area (Å²) in [7, 11) is 0. The molecule has 0 aromatic carbocycles. The molecular formula is C12H22BrNO3. The molecule has 0 saturated heterocycles. The van der Waals surface area contributed by atoms with Gasteiger partial charge in [0.25, 0.3) is 4.95 Å². The van der Waals surface area contributed by atoms with E-state index in [1.165, 1.54) is 19.3 Å². The third-order valence-electron chi connectivity index (χ3n) is 2.68. The number of alkyl halides is 1. The van der Waals surface area contributed by atoms with Gasteiger partial charge in [-0.1, -0.05) is 38.2 Å². The monoisotopic (exact) mass is 307 g/mol. The second kappa shape index (κ2) is 10.7. The molecule has 0 aromatic heterocycles. The van der Waals surface area contributed by atoms with Gasteiger partial charge >= 0.3 is 0 Å². The van der Waals surface area contributed by atoms with Crippen LogP contribution in [-0.2, 0) is 0 Å². The van der Waals surface area contributed by atoms with Crippen LogP contribution in [0.2, 0.25) is 0 Å². The van der Waals surface area contributed by atoms with E-state index in [0.717, 1.165) is 25.7 Å². The van der Waals surface area contributed by atoms with Crippen molar-refractivity contribution in [1.29, 1.82) is 0 Å². The van der Waals surface area contributed by atoms with Gasteiger partial charge < -0.3 is 5.11 Å². The molecule has 0 aromatic rings. The molecule has 2 atom stereocenters. The van der Waals surface area contributed by atoms with Crippen molar-refractivity contribution in [1.82, 2.24) is 0 Å². The molecule has 0 bridgehead atoms. The van der Waals surface area contributed by atoms with Crippen LogP contribution >= 0.6 is 15.9 Å². The van der Waals surface area contributed by atoms with Gasteiger partial charge in [0, 0.05) is 4.92 Å². The second-order valence-electron chi connectivity index (χ2n) is 4.21. The molecule has 0 heterocycles. The Kier molecular flexibility index (Phi) is 10.5. The minimum atomic E-state index is -1.03. The van der Waals surface area contributed by atoms with E-state index in [0.29, 0.717) is 6.42 Å². The summed E-state index contributed by atoms with van der Waals surface area (Å²) in [4.78, 5) is 8.83. The summed E-state index contributed by atoms with van der Waals surface area (Å²) >= 11 is 2.86. The highest BCUT2D eigenvalue weighted by atomic mass is 79.9. The lowest BCUT2D eigenvalue weighted by Gasteiger charge is -2.10. The van der Waals surface area contributed by atoms with Crippen molar-refractivity contribution < 1.29 is 10.0 Å². The summed E-state index contributed by atoms with van der Waals surface area (Å²) in [6, 6.07) is 0. The van der Waals surface area contributed by atoms with Gasteiger partial charge in [-0.2, -0.15) is 0 Å². The number of aliphatic hydroxyl groups is 1. The predicted octanol–water partition coefficient (Wildman–Crippen LogP) is 3.65. The molecule has 1 N–H and O–H groups in total. The Labute approximate surface area is 111 Å². The largest absolute Gasteiger partial charge is 0.385 e. The molecule has 0 radical (unpaired) electrons. The first-order valence-corrected chi connectivity index (χ1v) is 7.07. The molecule has 0 saturated carbocycles. The number of rotatable bonds is 11. The first-order chi connectivity index (χ1) is 8.09. The van der Waals surface area contributed by atoms with Gasteiger partial charge in [-0.25, -0.2) is 0 Å². The van der Waals surface area contributed by atoms with Crippen molar-refractivity contribution in [3.8, 4) is 0 Å². The standard InChI is InChI=1S/C12H22BrNO3/c1-2-3-4-5-6-7-8-9-10-11(15)12(13)14(16)17/h2,11-12,15H,1,3-10H2. The maximum atomic E-state index is 10.4. The van der Waals surface area contributed by atoms with Gasteiger partial charge in [-0.05, 0) is 35.2 Å². The first-order valence-electron chi connectivity index (χ1n) is 6.16. The summed E-state index contributed by atoms with van der Waals surface area (Å²) in [6.45, 7) is 3.67. The lowest BCUT2D eigenvalue weighted by Crippen LogP contribution is -2.27. The Morgan fingerprint density at radius 3 is 2.29 bits per heavy atom. The van der Waals surface area contributed by atoms with Crippen LogP contribution in [0.25, 0.3) is 0 Å². The summed E-state index contributed by atoms with van der Waals surface area (Å²) in [5, 5.41) is 19.8. The van der Waals surface area contributed by atoms with Crippen LogP contribution in [0.1, 0.15) is 51.4 Å². The number of nitrogens with zero attached hydrogens (tertiary/aromatic N) is 1. The number of nitro groups is 1. The highest BCUT2D eigenvalue weighted by molar-refractivity contribution is 9.09. The predicted molar refractivity (Wildman–Crippen MR) is 72.8 cm³/mol. The van der Waals surface area contributed by atoms with Crippen LogP contribution in [0.5, 0.6) is 0 Å². The van der Waals surface area contributed by atoms with E-state index in [2.05, 4.69) is 22.5 Å². The van der Waals surface area contributed by atoms with Gasteiger partial charge in [0.1, 0.15) is 6.10 Å². The summed E-state index contributed by atoms with van der Waals surface area (Å²) in [5.74, 6) is 0.